The Morgan fingerprint density at radius 3 is 1.46 bits per heavy atom. The average molecular weight is 689 g/mol. The van der Waals surface area contributed by atoms with Crippen LogP contribution in [-0.4, -0.2) is 19.1 Å². The number of para-hydroxylation sites is 3. The van der Waals surface area contributed by atoms with Gasteiger partial charge >= 0.3 is 0 Å². The quantitative estimate of drug-likeness (QED) is 0.180. The third-order valence-corrected chi connectivity index (χ3v) is 10.7. The maximum atomic E-state index is 5.08. The van der Waals surface area contributed by atoms with Gasteiger partial charge in [-0.3, -0.25) is 0 Å². The first-order valence-corrected chi connectivity index (χ1v) is 18.3. The van der Waals surface area contributed by atoms with Gasteiger partial charge in [0, 0.05) is 49.6 Å². The molecule has 0 atom stereocenters. The predicted octanol–water partition coefficient (Wildman–Crippen LogP) is 12.8. The van der Waals surface area contributed by atoms with Crippen molar-refractivity contribution in [3.8, 4) is 45.3 Å². The van der Waals surface area contributed by atoms with Crippen molar-refractivity contribution in [3.63, 3.8) is 0 Å². The van der Waals surface area contributed by atoms with E-state index in [1.165, 1.54) is 49.0 Å². The maximum absolute atomic E-state index is 5.08. The number of hydrogen-bond donors (Lipinski definition) is 0. The summed E-state index contributed by atoms with van der Waals surface area (Å²) in [6, 6.07) is 69.0. The Hall–Kier alpha value is -7.30. The molecule has 0 aliphatic heterocycles. The third-order valence-electron chi connectivity index (χ3n) is 10.7. The first-order chi connectivity index (χ1) is 26.8. The zero-order chi connectivity index (χ0) is 35.6. The van der Waals surface area contributed by atoms with Gasteiger partial charge in [0.25, 0.3) is 0 Å². The zero-order valence-electron chi connectivity index (χ0n) is 29.3. The summed E-state index contributed by atoms with van der Waals surface area (Å²) in [6.45, 7) is 0. The molecule has 0 radical (unpaired) electrons. The highest BCUT2D eigenvalue weighted by Crippen LogP contribution is 2.42. The number of benzene rings is 8. The van der Waals surface area contributed by atoms with E-state index < -0.39 is 0 Å². The minimum absolute atomic E-state index is 0.717. The molecule has 0 aliphatic carbocycles. The highest BCUT2D eigenvalue weighted by atomic mass is 15.0. The van der Waals surface area contributed by atoms with E-state index in [9.17, 15) is 0 Å². The van der Waals surface area contributed by atoms with Gasteiger partial charge in [-0.15, -0.1) is 0 Å². The lowest BCUT2D eigenvalue weighted by molar-refractivity contribution is 1.17. The van der Waals surface area contributed by atoms with Crippen LogP contribution < -0.4 is 0 Å². The van der Waals surface area contributed by atoms with Crippen molar-refractivity contribution >= 4 is 54.4 Å². The summed E-state index contributed by atoms with van der Waals surface area (Å²) in [7, 11) is 0. The van der Waals surface area contributed by atoms with Crippen LogP contribution in [0.15, 0.2) is 194 Å². The van der Waals surface area contributed by atoms with Crippen LogP contribution in [0.25, 0.3) is 99.7 Å². The Bertz CT molecular complexity index is 3140. The summed E-state index contributed by atoms with van der Waals surface area (Å²) in [6.07, 6.45) is 0. The second-order valence-corrected chi connectivity index (χ2v) is 13.8. The minimum atomic E-state index is 0.717. The van der Waals surface area contributed by atoms with Gasteiger partial charge in [0.05, 0.1) is 33.5 Å². The van der Waals surface area contributed by atoms with E-state index in [4.69, 9.17) is 9.97 Å². The van der Waals surface area contributed by atoms with Gasteiger partial charge in [-0.05, 0) is 71.4 Å². The van der Waals surface area contributed by atoms with Gasteiger partial charge < -0.3 is 9.13 Å². The molecule has 0 spiro atoms. The van der Waals surface area contributed by atoms with E-state index >= 15 is 0 Å². The number of nitrogens with zero attached hydrogens (tertiary/aromatic N) is 4. The third kappa shape index (κ3) is 4.78. The molecule has 3 aromatic heterocycles. The first-order valence-electron chi connectivity index (χ1n) is 18.3. The topological polar surface area (TPSA) is 35.6 Å². The second-order valence-electron chi connectivity index (χ2n) is 13.8. The summed E-state index contributed by atoms with van der Waals surface area (Å²) < 4.78 is 4.82. The van der Waals surface area contributed by atoms with Crippen molar-refractivity contribution in [2.75, 3.05) is 0 Å². The van der Waals surface area contributed by atoms with Crippen LogP contribution in [0.4, 0.5) is 0 Å². The molecule has 11 rings (SSSR count). The highest BCUT2D eigenvalue weighted by molar-refractivity contribution is 6.29. The van der Waals surface area contributed by atoms with Crippen LogP contribution in [0, 0.1) is 0 Å². The van der Waals surface area contributed by atoms with Crippen molar-refractivity contribution in [1.82, 2.24) is 19.1 Å². The average Bonchev–Trinajstić information content (AvgIpc) is 3.77. The van der Waals surface area contributed by atoms with Gasteiger partial charge in [0.15, 0.2) is 5.82 Å². The summed E-state index contributed by atoms with van der Waals surface area (Å²) in [5, 5.41) is 7.39. The molecule has 0 unspecified atom stereocenters. The highest BCUT2D eigenvalue weighted by Gasteiger charge is 2.20. The molecule has 0 fully saturated rings. The first kappa shape index (κ1) is 30.3. The molecule has 0 aliphatic rings. The molecule has 8 aromatic carbocycles. The van der Waals surface area contributed by atoms with Gasteiger partial charge in [-0.2, -0.15) is 0 Å². The van der Waals surface area contributed by atoms with E-state index in [-0.39, 0.29) is 0 Å². The van der Waals surface area contributed by atoms with Crippen molar-refractivity contribution in [3.05, 3.63) is 194 Å². The predicted molar refractivity (Wildman–Crippen MR) is 225 cm³/mol. The molecule has 3 heterocycles. The Labute approximate surface area is 311 Å². The van der Waals surface area contributed by atoms with E-state index in [0.717, 1.165) is 50.7 Å². The normalized spacial score (nSPS) is 11.7. The van der Waals surface area contributed by atoms with Crippen LogP contribution in [0.5, 0.6) is 0 Å². The SMILES string of the molecule is c1ccc(-c2cc(-c3ccc4cc(-n5c6ccccc6c6c7c8ccccc8n(-c8ccccc8)c7ccc65)ccc4c3)nc(-c3ccccc3)n2)cc1. The summed E-state index contributed by atoms with van der Waals surface area (Å²) in [5.74, 6) is 0.717. The second kappa shape index (κ2) is 12.1. The Kier molecular flexibility index (Phi) is 6.82. The van der Waals surface area contributed by atoms with Crippen molar-refractivity contribution in [2.45, 2.75) is 0 Å². The monoisotopic (exact) mass is 688 g/mol. The molecular weight excluding hydrogens is 657 g/mol. The standard InChI is InChI=1S/C50H32N4/c1-4-14-33(15-5-1)42-32-43(52-50(51-42)34-16-6-2-7-17-34)37-25-24-36-31-39(27-26-35(36)30-37)54-45-23-13-11-21-41(45)49-47(54)29-28-46-48(49)40-20-10-12-22-44(40)53(46)38-18-8-3-9-19-38/h1-32H. The molecule has 0 saturated heterocycles. The van der Waals surface area contributed by atoms with Gasteiger partial charge in [0.1, 0.15) is 0 Å². The molecule has 4 nitrogen and oxygen atoms in total. The van der Waals surface area contributed by atoms with E-state index in [2.05, 4.69) is 179 Å². The lowest BCUT2D eigenvalue weighted by Gasteiger charge is -2.12. The van der Waals surface area contributed by atoms with Crippen molar-refractivity contribution < 1.29 is 0 Å². The lowest BCUT2D eigenvalue weighted by atomic mass is 10.0. The van der Waals surface area contributed by atoms with Crippen LogP contribution in [0.3, 0.4) is 0 Å². The molecule has 54 heavy (non-hydrogen) atoms. The molecule has 0 saturated carbocycles. The largest absolute Gasteiger partial charge is 0.309 e. The van der Waals surface area contributed by atoms with Gasteiger partial charge in [0.2, 0.25) is 0 Å². The molecule has 4 heteroatoms. The van der Waals surface area contributed by atoms with E-state index in [0.29, 0.717) is 0 Å². The van der Waals surface area contributed by atoms with Gasteiger partial charge in [-0.25, -0.2) is 9.97 Å². The summed E-state index contributed by atoms with van der Waals surface area (Å²) >= 11 is 0. The Balaban J connectivity index is 1.08. The van der Waals surface area contributed by atoms with Crippen molar-refractivity contribution in [1.29, 1.82) is 0 Å². The zero-order valence-corrected chi connectivity index (χ0v) is 29.3. The van der Waals surface area contributed by atoms with Crippen LogP contribution in [0.2, 0.25) is 0 Å². The summed E-state index contributed by atoms with van der Waals surface area (Å²) in [5.41, 5.74) is 12.0. The number of aromatic nitrogens is 4. The molecule has 0 amide bonds. The van der Waals surface area contributed by atoms with E-state index in [1.807, 2.05) is 24.3 Å². The number of fused-ring (bicyclic) bond motifs is 8. The molecule has 0 bridgehead atoms. The smallest absolute Gasteiger partial charge is 0.160 e. The fourth-order valence-electron chi connectivity index (χ4n) is 8.25. The van der Waals surface area contributed by atoms with E-state index in [1.54, 1.807) is 0 Å². The fraction of sp³-hybridized carbons (Fsp3) is 0. The van der Waals surface area contributed by atoms with Crippen LogP contribution in [0.1, 0.15) is 0 Å². The van der Waals surface area contributed by atoms with Crippen molar-refractivity contribution in [2.24, 2.45) is 0 Å². The Morgan fingerprint density at radius 2 is 0.815 bits per heavy atom. The molecule has 252 valence electrons. The van der Waals surface area contributed by atoms with Crippen LogP contribution >= 0.6 is 0 Å². The number of rotatable bonds is 5. The van der Waals surface area contributed by atoms with Crippen LogP contribution in [-0.2, 0) is 0 Å². The molecule has 11 aromatic rings. The number of hydrogen-bond acceptors (Lipinski definition) is 2. The Morgan fingerprint density at radius 1 is 0.315 bits per heavy atom. The minimum Gasteiger partial charge on any atom is -0.309 e. The van der Waals surface area contributed by atoms with Gasteiger partial charge in [-0.1, -0.05) is 133 Å². The summed E-state index contributed by atoms with van der Waals surface area (Å²) in [4.78, 5) is 10.1. The molecular formula is C50H32N4. The lowest BCUT2D eigenvalue weighted by Crippen LogP contribution is -1.96. The molecule has 0 N–H and O–H groups in total. The maximum Gasteiger partial charge on any atom is 0.160 e. The fourth-order valence-corrected chi connectivity index (χ4v) is 8.25.